The van der Waals surface area contributed by atoms with Crippen molar-refractivity contribution < 1.29 is 19.1 Å². The van der Waals surface area contributed by atoms with Gasteiger partial charge in [-0.1, -0.05) is 19.9 Å². The summed E-state index contributed by atoms with van der Waals surface area (Å²) in [7, 11) is 0. The first-order valence-corrected chi connectivity index (χ1v) is 7.76. The summed E-state index contributed by atoms with van der Waals surface area (Å²) in [4.78, 5) is 34.9. The van der Waals surface area contributed by atoms with E-state index in [0.717, 1.165) is 11.1 Å². The lowest BCUT2D eigenvalue weighted by Crippen LogP contribution is -2.54. The number of ether oxygens (including phenoxy) is 1. The molecule has 1 aromatic rings. The molecule has 0 bridgehead atoms. The van der Waals surface area contributed by atoms with Crippen LogP contribution in [-0.2, 0) is 14.4 Å². The predicted octanol–water partition coefficient (Wildman–Crippen LogP) is 0.990. The Morgan fingerprint density at radius 1 is 1.04 bits per heavy atom. The second-order valence-corrected chi connectivity index (χ2v) is 6.07. The quantitative estimate of drug-likeness (QED) is 0.676. The summed E-state index contributed by atoms with van der Waals surface area (Å²) in [5, 5.41) is 2.54. The smallest absolute Gasteiger partial charge is 0.276 e. The van der Waals surface area contributed by atoms with Crippen LogP contribution >= 0.6 is 0 Å². The molecule has 0 saturated heterocycles. The Hall–Kier alpha value is -2.57. The summed E-state index contributed by atoms with van der Waals surface area (Å²) in [6.07, 6.45) is 0. The molecule has 0 aliphatic rings. The Kier molecular flexibility index (Phi) is 7.23. The molecule has 132 valence electrons. The van der Waals surface area contributed by atoms with Crippen molar-refractivity contribution in [2.75, 3.05) is 6.61 Å². The van der Waals surface area contributed by atoms with Gasteiger partial charge in [0.05, 0.1) is 0 Å². The number of rotatable bonds is 6. The largest absolute Gasteiger partial charge is 0.484 e. The van der Waals surface area contributed by atoms with Crippen molar-refractivity contribution >= 4 is 17.7 Å². The van der Waals surface area contributed by atoms with Crippen LogP contribution in [0.2, 0.25) is 0 Å². The molecule has 7 nitrogen and oxygen atoms in total. The SMILES string of the molecule is CC(=O)N[C@H](C(=O)NNC(=O)COc1cc(C)cc(C)c1)C(C)C. The van der Waals surface area contributed by atoms with Crippen LogP contribution in [0.15, 0.2) is 18.2 Å². The molecule has 1 atom stereocenters. The lowest BCUT2D eigenvalue weighted by Gasteiger charge is -2.21. The molecule has 0 aromatic heterocycles. The van der Waals surface area contributed by atoms with E-state index in [0.29, 0.717) is 5.75 Å². The molecular weight excluding hydrogens is 310 g/mol. The molecule has 0 radical (unpaired) electrons. The van der Waals surface area contributed by atoms with Crippen molar-refractivity contribution in [2.24, 2.45) is 5.92 Å². The molecule has 3 amide bonds. The molecule has 0 fully saturated rings. The fraction of sp³-hybridized carbons (Fsp3) is 0.471. The van der Waals surface area contributed by atoms with Gasteiger partial charge in [-0.25, -0.2) is 0 Å². The van der Waals surface area contributed by atoms with Crippen LogP contribution in [0.1, 0.15) is 31.9 Å². The van der Waals surface area contributed by atoms with Gasteiger partial charge in [0.25, 0.3) is 11.8 Å². The van der Waals surface area contributed by atoms with E-state index in [2.05, 4.69) is 16.2 Å². The maximum atomic E-state index is 12.0. The van der Waals surface area contributed by atoms with Gasteiger partial charge in [-0.2, -0.15) is 0 Å². The number of hydrazine groups is 1. The fourth-order valence-electron chi connectivity index (χ4n) is 2.16. The molecule has 7 heteroatoms. The number of carbonyl (C=O) groups excluding carboxylic acids is 3. The van der Waals surface area contributed by atoms with Gasteiger partial charge < -0.3 is 10.1 Å². The highest BCUT2D eigenvalue weighted by molar-refractivity contribution is 5.89. The van der Waals surface area contributed by atoms with Crippen molar-refractivity contribution in [2.45, 2.75) is 40.7 Å². The molecule has 24 heavy (non-hydrogen) atoms. The molecule has 0 heterocycles. The third kappa shape index (κ3) is 6.68. The summed E-state index contributed by atoms with van der Waals surface area (Å²) < 4.78 is 5.40. The molecule has 1 aromatic carbocycles. The maximum absolute atomic E-state index is 12.0. The average Bonchev–Trinajstić information content (AvgIpc) is 2.46. The Labute approximate surface area is 142 Å². The van der Waals surface area contributed by atoms with Crippen LogP contribution in [0.25, 0.3) is 0 Å². The van der Waals surface area contributed by atoms with Crippen LogP contribution in [0.4, 0.5) is 0 Å². The zero-order valence-electron chi connectivity index (χ0n) is 14.7. The van der Waals surface area contributed by atoms with E-state index in [1.165, 1.54) is 6.92 Å². The first kappa shape index (κ1) is 19.5. The third-order valence-corrected chi connectivity index (χ3v) is 3.20. The van der Waals surface area contributed by atoms with Gasteiger partial charge >= 0.3 is 0 Å². The molecule has 0 spiro atoms. The summed E-state index contributed by atoms with van der Waals surface area (Å²) in [6.45, 7) is 8.58. The van der Waals surface area contributed by atoms with Crippen molar-refractivity contribution in [3.63, 3.8) is 0 Å². The lowest BCUT2D eigenvalue weighted by molar-refractivity contribution is -0.133. The van der Waals surface area contributed by atoms with Gasteiger partial charge in [0.15, 0.2) is 6.61 Å². The highest BCUT2D eigenvalue weighted by atomic mass is 16.5. The summed E-state index contributed by atoms with van der Waals surface area (Å²) >= 11 is 0. The van der Waals surface area contributed by atoms with Gasteiger partial charge in [0, 0.05) is 6.92 Å². The van der Waals surface area contributed by atoms with Gasteiger partial charge in [-0.05, 0) is 43.0 Å². The molecular formula is C17H25N3O4. The lowest BCUT2D eigenvalue weighted by atomic mass is 10.0. The minimum Gasteiger partial charge on any atom is -0.484 e. The average molecular weight is 335 g/mol. The van der Waals surface area contributed by atoms with E-state index in [1.54, 1.807) is 13.8 Å². The van der Waals surface area contributed by atoms with Gasteiger partial charge in [-0.3, -0.25) is 25.2 Å². The minimum absolute atomic E-state index is 0.114. The molecule has 0 aliphatic heterocycles. The van der Waals surface area contributed by atoms with Crippen LogP contribution in [0.5, 0.6) is 5.75 Å². The van der Waals surface area contributed by atoms with E-state index >= 15 is 0 Å². The monoisotopic (exact) mass is 335 g/mol. The molecule has 3 N–H and O–H groups in total. The first-order chi connectivity index (χ1) is 11.2. The Balaban J connectivity index is 2.47. The summed E-state index contributed by atoms with van der Waals surface area (Å²) in [5.74, 6) is -0.814. The number of aryl methyl sites for hydroxylation is 2. The number of carbonyl (C=O) groups is 3. The van der Waals surface area contributed by atoms with Crippen molar-refractivity contribution in [3.05, 3.63) is 29.3 Å². The normalized spacial score (nSPS) is 11.6. The topological polar surface area (TPSA) is 96.5 Å². The molecule has 1 rings (SSSR count). The van der Waals surface area contributed by atoms with Crippen LogP contribution in [0.3, 0.4) is 0 Å². The number of benzene rings is 1. The van der Waals surface area contributed by atoms with Gasteiger partial charge in [-0.15, -0.1) is 0 Å². The zero-order valence-corrected chi connectivity index (χ0v) is 14.7. The van der Waals surface area contributed by atoms with Gasteiger partial charge in [0.2, 0.25) is 5.91 Å². The van der Waals surface area contributed by atoms with Crippen LogP contribution in [-0.4, -0.2) is 30.4 Å². The van der Waals surface area contributed by atoms with Crippen molar-refractivity contribution in [1.82, 2.24) is 16.2 Å². The molecule has 0 saturated carbocycles. The fourth-order valence-corrected chi connectivity index (χ4v) is 2.16. The zero-order chi connectivity index (χ0) is 18.3. The summed E-state index contributed by atoms with van der Waals surface area (Å²) in [5.41, 5.74) is 6.64. The maximum Gasteiger partial charge on any atom is 0.276 e. The van der Waals surface area contributed by atoms with Crippen molar-refractivity contribution in [3.8, 4) is 5.75 Å². The Morgan fingerprint density at radius 2 is 1.62 bits per heavy atom. The number of amides is 3. The van der Waals surface area contributed by atoms with Crippen LogP contribution < -0.4 is 20.9 Å². The first-order valence-electron chi connectivity index (χ1n) is 7.76. The van der Waals surface area contributed by atoms with E-state index in [4.69, 9.17) is 4.74 Å². The number of nitrogens with one attached hydrogen (secondary N) is 3. The van der Waals surface area contributed by atoms with Crippen molar-refractivity contribution in [1.29, 1.82) is 0 Å². The molecule has 0 unspecified atom stereocenters. The molecule has 0 aliphatic carbocycles. The highest BCUT2D eigenvalue weighted by Crippen LogP contribution is 2.15. The second kappa shape index (κ2) is 8.90. The predicted molar refractivity (Wildman–Crippen MR) is 90.1 cm³/mol. The number of hydrogen-bond donors (Lipinski definition) is 3. The third-order valence-electron chi connectivity index (χ3n) is 3.20. The Morgan fingerprint density at radius 3 is 2.12 bits per heavy atom. The van der Waals surface area contributed by atoms with E-state index in [-0.39, 0.29) is 18.4 Å². The van der Waals surface area contributed by atoms with E-state index < -0.39 is 17.9 Å². The van der Waals surface area contributed by atoms with E-state index in [9.17, 15) is 14.4 Å². The minimum atomic E-state index is -0.719. The highest BCUT2D eigenvalue weighted by Gasteiger charge is 2.23. The number of hydrogen-bond acceptors (Lipinski definition) is 4. The second-order valence-electron chi connectivity index (χ2n) is 6.07. The van der Waals surface area contributed by atoms with Gasteiger partial charge in [0.1, 0.15) is 11.8 Å². The standard InChI is InChI=1S/C17H25N3O4/c1-10(2)16(18-13(5)21)17(23)20-19-15(22)9-24-14-7-11(3)6-12(4)8-14/h6-8,10,16H,9H2,1-5H3,(H,18,21)(H,19,22)(H,20,23)/t16-/m0/s1. The summed E-state index contributed by atoms with van der Waals surface area (Å²) in [6, 6.07) is 4.93. The van der Waals surface area contributed by atoms with Crippen LogP contribution in [0, 0.1) is 19.8 Å². The van der Waals surface area contributed by atoms with E-state index in [1.807, 2.05) is 32.0 Å². The Bertz CT molecular complexity index is 594.